The summed E-state index contributed by atoms with van der Waals surface area (Å²) in [4.78, 5) is 0.275. The van der Waals surface area contributed by atoms with Crippen LogP contribution < -0.4 is 0 Å². The first-order chi connectivity index (χ1) is 9.54. The van der Waals surface area contributed by atoms with Crippen LogP contribution in [-0.4, -0.2) is 19.3 Å². The van der Waals surface area contributed by atoms with Gasteiger partial charge in [-0.2, -0.15) is 4.31 Å². The predicted molar refractivity (Wildman–Crippen MR) is 77.7 cm³/mol. The molecule has 0 radical (unpaired) electrons. The molecule has 20 heavy (non-hydrogen) atoms. The van der Waals surface area contributed by atoms with Gasteiger partial charge in [-0.05, 0) is 31.2 Å². The van der Waals surface area contributed by atoms with Crippen molar-refractivity contribution in [3.05, 3.63) is 66.6 Å². The molecule has 106 valence electrons. The zero-order valence-corrected chi connectivity index (χ0v) is 12.1. The largest absolute Gasteiger partial charge is 0.468 e. The molecule has 0 bridgehead atoms. The van der Waals surface area contributed by atoms with E-state index in [0.717, 1.165) is 5.56 Å². The SMILES string of the molecule is C=CCN(Cc1ccco1)S(=O)(=O)c1ccc(C)cc1. The second-order valence-corrected chi connectivity index (χ2v) is 6.42. The molecule has 0 amide bonds. The van der Waals surface area contributed by atoms with Crippen LogP contribution in [0.25, 0.3) is 0 Å². The van der Waals surface area contributed by atoms with Crippen LogP contribution in [0.15, 0.2) is 64.6 Å². The number of rotatable bonds is 6. The second kappa shape index (κ2) is 6.07. The van der Waals surface area contributed by atoms with Gasteiger partial charge < -0.3 is 4.42 Å². The highest BCUT2D eigenvalue weighted by molar-refractivity contribution is 7.89. The summed E-state index contributed by atoms with van der Waals surface area (Å²) in [6.45, 7) is 5.95. The fourth-order valence-corrected chi connectivity index (χ4v) is 3.20. The van der Waals surface area contributed by atoms with Gasteiger partial charge in [0.2, 0.25) is 10.0 Å². The Morgan fingerprint density at radius 3 is 2.50 bits per heavy atom. The Morgan fingerprint density at radius 1 is 1.25 bits per heavy atom. The first kappa shape index (κ1) is 14.6. The van der Waals surface area contributed by atoms with E-state index in [1.807, 2.05) is 6.92 Å². The predicted octanol–water partition coefficient (Wildman–Crippen LogP) is 2.96. The van der Waals surface area contributed by atoms with Crippen molar-refractivity contribution in [2.24, 2.45) is 0 Å². The number of nitrogens with zero attached hydrogens (tertiary/aromatic N) is 1. The molecule has 4 nitrogen and oxygen atoms in total. The quantitative estimate of drug-likeness (QED) is 0.769. The Hall–Kier alpha value is -1.85. The Bertz CT molecular complexity index is 658. The van der Waals surface area contributed by atoms with Gasteiger partial charge in [0.1, 0.15) is 5.76 Å². The molecule has 2 aromatic rings. The molecular weight excluding hydrogens is 274 g/mol. The van der Waals surface area contributed by atoms with E-state index in [4.69, 9.17) is 4.42 Å². The summed E-state index contributed by atoms with van der Waals surface area (Å²) < 4.78 is 31.7. The summed E-state index contributed by atoms with van der Waals surface area (Å²) in [6, 6.07) is 10.3. The molecule has 0 atom stereocenters. The molecule has 0 N–H and O–H groups in total. The average molecular weight is 291 g/mol. The van der Waals surface area contributed by atoms with Crippen LogP contribution in [0.3, 0.4) is 0 Å². The molecule has 1 aromatic heterocycles. The summed E-state index contributed by atoms with van der Waals surface area (Å²) in [5.41, 5.74) is 1.02. The third-order valence-corrected chi connectivity index (χ3v) is 4.73. The van der Waals surface area contributed by atoms with Gasteiger partial charge in [-0.25, -0.2) is 8.42 Å². The van der Waals surface area contributed by atoms with E-state index in [2.05, 4.69) is 6.58 Å². The van der Waals surface area contributed by atoms with Crippen molar-refractivity contribution in [2.45, 2.75) is 18.4 Å². The molecule has 0 fully saturated rings. The van der Waals surface area contributed by atoms with E-state index in [0.29, 0.717) is 5.76 Å². The Balaban J connectivity index is 2.31. The normalized spacial score (nSPS) is 11.7. The highest BCUT2D eigenvalue weighted by Crippen LogP contribution is 2.19. The fraction of sp³-hybridized carbons (Fsp3) is 0.200. The van der Waals surface area contributed by atoms with Gasteiger partial charge in [-0.15, -0.1) is 6.58 Å². The molecule has 0 aliphatic carbocycles. The van der Waals surface area contributed by atoms with Gasteiger partial charge in [-0.1, -0.05) is 23.8 Å². The van der Waals surface area contributed by atoms with Crippen LogP contribution in [0.5, 0.6) is 0 Å². The van der Waals surface area contributed by atoms with Gasteiger partial charge >= 0.3 is 0 Å². The van der Waals surface area contributed by atoms with Crippen molar-refractivity contribution in [1.29, 1.82) is 0 Å². The smallest absolute Gasteiger partial charge is 0.243 e. The molecular formula is C15H17NO3S. The van der Waals surface area contributed by atoms with Crippen molar-refractivity contribution in [3.8, 4) is 0 Å². The minimum Gasteiger partial charge on any atom is -0.468 e. The van der Waals surface area contributed by atoms with Gasteiger partial charge in [0.25, 0.3) is 0 Å². The molecule has 0 unspecified atom stereocenters. The lowest BCUT2D eigenvalue weighted by Crippen LogP contribution is -2.30. The lowest BCUT2D eigenvalue weighted by atomic mass is 10.2. The molecule has 0 saturated carbocycles. The topological polar surface area (TPSA) is 50.5 Å². The first-order valence-corrected chi connectivity index (χ1v) is 7.68. The third kappa shape index (κ3) is 3.18. The van der Waals surface area contributed by atoms with Crippen LogP contribution in [-0.2, 0) is 16.6 Å². The summed E-state index contributed by atoms with van der Waals surface area (Å²) in [7, 11) is -3.55. The molecule has 0 saturated heterocycles. The molecule has 0 aliphatic heterocycles. The van der Waals surface area contributed by atoms with Crippen molar-refractivity contribution in [1.82, 2.24) is 4.31 Å². The van der Waals surface area contributed by atoms with E-state index in [1.165, 1.54) is 10.6 Å². The maximum Gasteiger partial charge on any atom is 0.243 e. The highest BCUT2D eigenvalue weighted by Gasteiger charge is 2.24. The summed E-state index contributed by atoms with van der Waals surface area (Å²) in [6.07, 6.45) is 3.09. The van der Waals surface area contributed by atoms with Crippen molar-refractivity contribution in [2.75, 3.05) is 6.54 Å². The average Bonchev–Trinajstić information content (AvgIpc) is 2.92. The summed E-state index contributed by atoms with van der Waals surface area (Å²) in [5.74, 6) is 0.600. The van der Waals surface area contributed by atoms with E-state index in [1.54, 1.807) is 42.5 Å². The molecule has 2 rings (SSSR count). The third-order valence-electron chi connectivity index (χ3n) is 2.90. The lowest BCUT2D eigenvalue weighted by molar-refractivity contribution is 0.386. The highest BCUT2D eigenvalue weighted by atomic mass is 32.2. The van der Waals surface area contributed by atoms with E-state index >= 15 is 0 Å². The number of furan rings is 1. The Kier molecular flexibility index (Phi) is 4.42. The zero-order valence-electron chi connectivity index (χ0n) is 11.3. The van der Waals surface area contributed by atoms with Crippen LogP contribution in [0, 0.1) is 6.92 Å². The maximum atomic E-state index is 12.6. The van der Waals surface area contributed by atoms with Crippen LogP contribution in [0.1, 0.15) is 11.3 Å². The van der Waals surface area contributed by atoms with Gasteiger partial charge in [0.15, 0.2) is 0 Å². The number of hydrogen-bond donors (Lipinski definition) is 0. The number of hydrogen-bond acceptors (Lipinski definition) is 3. The minimum atomic E-state index is -3.55. The standard InChI is InChI=1S/C15H17NO3S/c1-3-10-16(12-14-5-4-11-19-14)20(17,18)15-8-6-13(2)7-9-15/h3-9,11H,1,10,12H2,2H3. The molecule has 0 aliphatic rings. The number of sulfonamides is 1. The van der Waals surface area contributed by atoms with Crippen molar-refractivity contribution in [3.63, 3.8) is 0 Å². The minimum absolute atomic E-state index is 0.190. The summed E-state index contributed by atoms with van der Waals surface area (Å²) >= 11 is 0. The van der Waals surface area contributed by atoms with E-state index in [9.17, 15) is 8.42 Å². The van der Waals surface area contributed by atoms with E-state index < -0.39 is 10.0 Å². The lowest BCUT2D eigenvalue weighted by Gasteiger charge is -2.19. The summed E-state index contributed by atoms with van der Waals surface area (Å²) in [5, 5.41) is 0. The van der Waals surface area contributed by atoms with Crippen molar-refractivity contribution >= 4 is 10.0 Å². The first-order valence-electron chi connectivity index (χ1n) is 6.24. The molecule has 1 aromatic carbocycles. The van der Waals surface area contributed by atoms with Gasteiger partial charge in [-0.3, -0.25) is 0 Å². The zero-order chi connectivity index (χ0) is 14.6. The Morgan fingerprint density at radius 2 is 1.95 bits per heavy atom. The maximum absolute atomic E-state index is 12.6. The second-order valence-electron chi connectivity index (χ2n) is 4.48. The monoisotopic (exact) mass is 291 g/mol. The van der Waals surface area contributed by atoms with Gasteiger partial charge in [0, 0.05) is 6.54 Å². The van der Waals surface area contributed by atoms with E-state index in [-0.39, 0.29) is 18.0 Å². The molecule has 5 heteroatoms. The van der Waals surface area contributed by atoms with Crippen LogP contribution >= 0.6 is 0 Å². The molecule has 1 heterocycles. The van der Waals surface area contributed by atoms with Crippen molar-refractivity contribution < 1.29 is 12.8 Å². The number of aryl methyl sites for hydroxylation is 1. The fourth-order valence-electron chi connectivity index (χ4n) is 1.83. The number of benzene rings is 1. The molecule has 0 spiro atoms. The Labute approximate surface area is 119 Å². The van der Waals surface area contributed by atoms with Crippen LogP contribution in [0.4, 0.5) is 0 Å². The van der Waals surface area contributed by atoms with Gasteiger partial charge in [0.05, 0.1) is 17.7 Å². The van der Waals surface area contributed by atoms with Crippen LogP contribution in [0.2, 0.25) is 0 Å².